The Labute approximate surface area is 190 Å². The smallest absolute Gasteiger partial charge is 0.416 e. The highest BCUT2D eigenvalue weighted by Crippen LogP contribution is 2.32. The Hall–Kier alpha value is -4.47. The molecule has 0 radical (unpaired) electrons. The van der Waals surface area contributed by atoms with Crippen LogP contribution in [0.5, 0.6) is 0 Å². The fourth-order valence-electron chi connectivity index (χ4n) is 3.48. The standard InChI is InChI=1S/C24H16F3N5O2/c25-24(26,27)17-8-9-20-19(11-17)30-23(32(20)14-18-7-4-10-34-18)31-22(33)16-12-28-21(29-13-16)15-5-2-1-3-6-15/h1-13H,14H2,(H,30,31,33). The molecule has 0 unspecified atom stereocenters. The van der Waals surface area contributed by atoms with E-state index in [9.17, 15) is 18.0 Å². The molecule has 7 nitrogen and oxygen atoms in total. The van der Waals surface area contributed by atoms with E-state index in [1.165, 1.54) is 24.7 Å². The van der Waals surface area contributed by atoms with Crippen molar-refractivity contribution in [3.05, 3.63) is 96.2 Å². The van der Waals surface area contributed by atoms with Crippen LogP contribution in [0.1, 0.15) is 21.7 Å². The van der Waals surface area contributed by atoms with Crippen molar-refractivity contribution in [1.82, 2.24) is 19.5 Å². The summed E-state index contributed by atoms with van der Waals surface area (Å²) in [4.78, 5) is 25.6. The second-order valence-corrected chi connectivity index (χ2v) is 7.42. The number of amides is 1. The first-order valence-electron chi connectivity index (χ1n) is 10.2. The number of aromatic nitrogens is 4. The molecule has 1 amide bonds. The predicted molar refractivity (Wildman–Crippen MR) is 118 cm³/mol. The van der Waals surface area contributed by atoms with Crippen LogP contribution in [0.2, 0.25) is 0 Å². The lowest BCUT2D eigenvalue weighted by Gasteiger charge is -2.09. The van der Waals surface area contributed by atoms with E-state index < -0.39 is 17.6 Å². The molecular weight excluding hydrogens is 447 g/mol. The minimum Gasteiger partial charge on any atom is -0.467 e. The summed E-state index contributed by atoms with van der Waals surface area (Å²) in [5.41, 5.74) is 0.649. The van der Waals surface area contributed by atoms with Gasteiger partial charge in [-0.05, 0) is 30.3 Å². The molecule has 5 aromatic rings. The van der Waals surface area contributed by atoms with Crippen molar-refractivity contribution in [3.8, 4) is 11.4 Å². The molecule has 0 bridgehead atoms. The summed E-state index contributed by atoms with van der Waals surface area (Å²) in [6.45, 7) is 0.161. The number of hydrogen-bond acceptors (Lipinski definition) is 5. The van der Waals surface area contributed by atoms with Crippen LogP contribution in [0.4, 0.5) is 19.1 Å². The number of nitrogens with one attached hydrogen (secondary N) is 1. The van der Waals surface area contributed by atoms with Crippen LogP contribution >= 0.6 is 0 Å². The molecule has 170 valence electrons. The molecule has 5 rings (SSSR count). The first-order chi connectivity index (χ1) is 16.4. The van der Waals surface area contributed by atoms with E-state index in [2.05, 4.69) is 20.3 Å². The zero-order valence-corrected chi connectivity index (χ0v) is 17.5. The van der Waals surface area contributed by atoms with Gasteiger partial charge in [0.25, 0.3) is 5.91 Å². The van der Waals surface area contributed by atoms with Crippen LogP contribution in [-0.4, -0.2) is 25.4 Å². The highest BCUT2D eigenvalue weighted by molar-refractivity contribution is 6.03. The lowest BCUT2D eigenvalue weighted by Crippen LogP contribution is -2.17. The quantitative estimate of drug-likeness (QED) is 0.377. The van der Waals surface area contributed by atoms with Crippen molar-refractivity contribution in [2.24, 2.45) is 0 Å². The Kier molecular flexibility index (Phi) is 5.33. The molecular formula is C24H16F3N5O2. The van der Waals surface area contributed by atoms with E-state index in [-0.39, 0.29) is 23.6 Å². The number of furan rings is 1. The molecule has 0 aliphatic rings. The molecule has 0 aliphatic carbocycles. The van der Waals surface area contributed by atoms with Gasteiger partial charge in [-0.2, -0.15) is 13.2 Å². The molecule has 3 heterocycles. The SMILES string of the molecule is O=C(Nc1nc2cc(C(F)(F)F)ccc2n1Cc1ccco1)c1cnc(-c2ccccc2)nc1. The Morgan fingerprint density at radius 3 is 2.44 bits per heavy atom. The number of rotatable bonds is 5. The first-order valence-corrected chi connectivity index (χ1v) is 10.2. The van der Waals surface area contributed by atoms with Crippen molar-refractivity contribution < 1.29 is 22.4 Å². The summed E-state index contributed by atoms with van der Waals surface area (Å²) in [6, 6.07) is 15.9. The van der Waals surface area contributed by atoms with Crippen molar-refractivity contribution in [2.75, 3.05) is 5.32 Å². The van der Waals surface area contributed by atoms with E-state index in [4.69, 9.17) is 4.42 Å². The Balaban J connectivity index is 1.47. The molecule has 0 spiro atoms. The topological polar surface area (TPSA) is 85.8 Å². The van der Waals surface area contributed by atoms with E-state index >= 15 is 0 Å². The van der Waals surface area contributed by atoms with E-state index in [1.54, 1.807) is 16.7 Å². The number of imidazole rings is 1. The van der Waals surface area contributed by atoms with Gasteiger partial charge in [-0.1, -0.05) is 30.3 Å². The summed E-state index contributed by atoms with van der Waals surface area (Å²) >= 11 is 0. The second kappa shape index (κ2) is 8.47. The Morgan fingerprint density at radius 1 is 1.00 bits per heavy atom. The van der Waals surface area contributed by atoms with Crippen LogP contribution < -0.4 is 5.32 Å². The van der Waals surface area contributed by atoms with Crippen LogP contribution in [0.25, 0.3) is 22.4 Å². The summed E-state index contributed by atoms with van der Waals surface area (Å²) in [7, 11) is 0. The van der Waals surface area contributed by atoms with Gasteiger partial charge in [0.2, 0.25) is 5.95 Å². The van der Waals surface area contributed by atoms with Gasteiger partial charge in [0.05, 0.1) is 35.0 Å². The number of benzene rings is 2. The average Bonchev–Trinajstić information content (AvgIpc) is 3.47. The van der Waals surface area contributed by atoms with Gasteiger partial charge in [0.1, 0.15) is 5.76 Å². The van der Waals surface area contributed by atoms with Gasteiger partial charge in [0.15, 0.2) is 5.82 Å². The molecule has 0 saturated heterocycles. The zero-order valence-electron chi connectivity index (χ0n) is 17.5. The van der Waals surface area contributed by atoms with Gasteiger partial charge in [0, 0.05) is 18.0 Å². The number of fused-ring (bicyclic) bond motifs is 1. The van der Waals surface area contributed by atoms with Crippen molar-refractivity contribution in [3.63, 3.8) is 0 Å². The van der Waals surface area contributed by atoms with Gasteiger partial charge >= 0.3 is 6.18 Å². The highest BCUT2D eigenvalue weighted by atomic mass is 19.4. The Morgan fingerprint density at radius 2 is 1.76 bits per heavy atom. The Bertz CT molecular complexity index is 1440. The van der Waals surface area contributed by atoms with Gasteiger partial charge in [-0.3, -0.25) is 10.1 Å². The van der Waals surface area contributed by atoms with Gasteiger partial charge < -0.3 is 8.98 Å². The maximum absolute atomic E-state index is 13.2. The van der Waals surface area contributed by atoms with E-state index in [0.717, 1.165) is 17.7 Å². The molecule has 0 aliphatic heterocycles. The van der Waals surface area contributed by atoms with E-state index in [0.29, 0.717) is 17.1 Å². The lowest BCUT2D eigenvalue weighted by atomic mass is 10.2. The molecule has 34 heavy (non-hydrogen) atoms. The average molecular weight is 463 g/mol. The maximum atomic E-state index is 13.2. The third-order valence-electron chi connectivity index (χ3n) is 5.14. The van der Waals surface area contributed by atoms with Crippen LogP contribution in [0.15, 0.2) is 83.7 Å². The molecule has 10 heteroatoms. The number of alkyl halides is 3. The first kappa shape index (κ1) is 21.4. The van der Waals surface area contributed by atoms with Crippen LogP contribution in [0.3, 0.4) is 0 Å². The summed E-state index contributed by atoms with van der Waals surface area (Å²) < 4.78 is 46.5. The van der Waals surface area contributed by atoms with E-state index in [1.807, 2.05) is 30.3 Å². The van der Waals surface area contributed by atoms with Crippen LogP contribution in [0, 0.1) is 0 Å². The number of carbonyl (C=O) groups excluding carboxylic acids is 1. The fraction of sp³-hybridized carbons (Fsp3) is 0.0833. The predicted octanol–water partition coefficient (Wildman–Crippen LogP) is 5.41. The van der Waals surface area contributed by atoms with Crippen LogP contribution in [-0.2, 0) is 12.7 Å². The molecule has 0 saturated carbocycles. The molecule has 1 N–H and O–H groups in total. The molecule has 0 fully saturated rings. The number of halogens is 3. The third kappa shape index (κ3) is 4.25. The fourth-order valence-corrected chi connectivity index (χ4v) is 3.48. The van der Waals surface area contributed by atoms with Gasteiger partial charge in [-0.15, -0.1) is 0 Å². The second-order valence-electron chi connectivity index (χ2n) is 7.42. The largest absolute Gasteiger partial charge is 0.467 e. The normalized spacial score (nSPS) is 11.6. The van der Waals surface area contributed by atoms with Crippen molar-refractivity contribution in [1.29, 1.82) is 0 Å². The third-order valence-corrected chi connectivity index (χ3v) is 5.14. The summed E-state index contributed by atoms with van der Waals surface area (Å²) in [5, 5.41) is 2.66. The maximum Gasteiger partial charge on any atom is 0.416 e. The summed E-state index contributed by atoms with van der Waals surface area (Å²) in [5.74, 6) is 0.529. The number of hydrogen-bond donors (Lipinski definition) is 1. The monoisotopic (exact) mass is 463 g/mol. The number of carbonyl (C=O) groups is 1. The minimum absolute atomic E-state index is 0.0721. The number of anilines is 1. The van der Waals surface area contributed by atoms with Crippen molar-refractivity contribution >= 4 is 22.9 Å². The molecule has 0 atom stereocenters. The van der Waals surface area contributed by atoms with Crippen molar-refractivity contribution in [2.45, 2.75) is 12.7 Å². The van der Waals surface area contributed by atoms with Gasteiger partial charge in [-0.25, -0.2) is 15.0 Å². The lowest BCUT2D eigenvalue weighted by molar-refractivity contribution is -0.137. The summed E-state index contributed by atoms with van der Waals surface area (Å²) in [6.07, 6.45) is -0.266. The molecule has 3 aromatic heterocycles. The zero-order chi connectivity index (χ0) is 23.7. The number of nitrogens with zero attached hydrogens (tertiary/aromatic N) is 4. The highest BCUT2D eigenvalue weighted by Gasteiger charge is 2.31. The molecule has 2 aromatic carbocycles. The minimum atomic E-state index is -4.51.